The Bertz CT molecular complexity index is 1110. The third-order valence-electron chi connectivity index (χ3n) is 4.79. The monoisotopic (exact) mass is 361 g/mol. The van der Waals surface area contributed by atoms with Crippen molar-refractivity contribution in [3.63, 3.8) is 0 Å². The summed E-state index contributed by atoms with van der Waals surface area (Å²) in [4.78, 5) is 4.92. The van der Waals surface area contributed by atoms with Gasteiger partial charge in [0.1, 0.15) is 5.82 Å². The van der Waals surface area contributed by atoms with Crippen molar-refractivity contribution in [3.8, 4) is 11.4 Å². The number of benzene rings is 3. The summed E-state index contributed by atoms with van der Waals surface area (Å²) in [5, 5.41) is 0.761. The Kier molecular flexibility index (Phi) is 4.17. The summed E-state index contributed by atoms with van der Waals surface area (Å²) in [5.74, 6) is 0.900. The third kappa shape index (κ3) is 2.95. The lowest BCUT2D eigenvalue weighted by atomic mass is 10.1. The van der Waals surface area contributed by atoms with E-state index < -0.39 is 0 Å². The van der Waals surface area contributed by atoms with Crippen LogP contribution in [-0.4, -0.2) is 9.55 Å². The van der Waals surface area contributed by atoms with Gasteiger partial charge in [0.05, 0.1) is 17.6 Å². The van der Waals surface area contributed by atoms with Crippen molar-refractivity contribution in [2.24, 2.45) is 0 Å². The molecule has 0 radical (unpaired) electrons. The van der Waals surface area contributed by atoms with Crippen LogP contribution in [0.15, 0.2) is 60.7 Å². The van der Waals surface area contributed by atoms with Crippen LogP contribution in [0.25, 0.3) is 22.4 Å². The highest BCUT2D eigenvalue weighted by Crippen LogP contribution is 2.30. The summed E-state index contributed by atoms with van der Waals surface area (Å²) in [7, 11) is 0. The highest BCUT2D eigenvalue weighted by atomic mass is 35.5. The minimum Gasteiger partial charge on any atom is -0.399 e. The van der Waals surface area contributed by atoms with Crippen LogP contribution in [0.5, 0.6) is 0 Å². The van der Waals surface area contributed by atoms with Crippen LogP contribution in [0.3, 0.4) is 0 Å². The molecule has 1 aromatic heterocycles. The Balaban J connectivity index is 1.97. The first-order valence-corrected chi connectivity index (χ1v) is 8.97. The first kappa shape index (κ1) is 16.7. The molecule has 1 heterocycles. The summed E-state index contributed by atoms with van der Waals surface area (Å²) in [6.45, 7) is 4.90. The molecule has 0 unspecified atom stereocenters. The fraction of sp³-hybridized carbons (Fsp3) is 0.136. The van der Waals surface area contributed by atoms with Crippen molar-refractivity contribution < 1.29 is 0 Å². The van der Waals surface area contributed by atoms with E-state index in [9.17, 15) is 0 Å². The predicted octanol–water partition coefficient (Wildman–Crippen LogP) is 5.60. The topological polar surface area (TPSA) is 43.8 Å². The molecular weight excluding hydrogens is 342 g/mol. The molecule has 0 aliphatic carbocycles. The molecule has 0 spiro atoms. The van der Waals surface area contributed by atoms with Crippen molar-refractivity contribution in [3.05, 3.63) is 82.4 Å². The summed E-state index contributed by atoms with van der Waals surface area (Å²) in [6.07, 6.45) is 0. The average Bonchev–Trinajstić information content (AvgIpc) is 2.95. The lowest BCUT2D eigenvalue weighted by Gasteiger charge is -2.12. The van der Waals surface area contributed by atoms with Gasteiger partial charge in [-0.1, -0.05) is 41.9 Å². The number of fused-ring (bicyclic) bond motifs is 1. The van der Waals surface area contributed by atoms with Crippen LogP contribution < -0.4 is 5.73 Å². The van der Waals surface area contributed by atoms with Gasteiger partial charge in [-0.05, 0) is 60.9 Å². The normalized spacial score (nSPS) is 11.2. The second kappa shape index (κ2) is 6.50. The molecule has 0 fully saturated rings. The molecule has 130 valence electrons. The highest BCUT2D eigenvalue weighted by molar-refractivity contribution is 6.31. The summed E-state index contributed by atoms with van der Waals surface area (Å²) >= 11 is 6.42. The standard InChI is InChI=1S/C22H20ClN3/c1-14-10-20-21(11-15(14)2)26(13-17-6-3-4-9-19(17)23)22(25-20)16-7-5-8-18(24)12-16/h3-12H,13,24H2,1-2H3. The predicted molar refractivity (Wildman–Crippen MR) is 110 cm³/mol. The Morgan fingerprint density at radius 1 is 0.962 bits per heavy atom. The molecule has 4 heteroatoms. The number of nitrogens with zero attached hydrogens (tertiary/aromatic N) is 2. The highest BCUT2D eigenvalue weighted by Gasteiger charge is 2.15. The zero-order valence-corrected chi connectivity index (χ0v) is 15.6. The Labute approximate surface area is 158 Å². The van der Waals surface area contributed by atoms with Gasteiger partial charge in [-0.25, -0.2) is 4.98 Å². The Hall–Kier alpha value is -2.78. The molecule has 3 nitrogen and oxygen atoms in total. The van der Waals surface area contributed by atoms with Crippen LogP contribution in [-0.2, 0) is 6.54 Å². The number of aryl methyl sites for hydroxylation is 2. The first-order valence-electron chi connectivity index (χ1n) is 8.60. The van der Waals surface area contributed by atoms with E-state index in [-0.39, 0.29) is 0 Å². The summed E-state index contributed by atoms with van der Waals surface area (Å²) < 4.78 is 2.22. The minimum atomic E-state index is 0.656. The van der Waals surface area contributed by atoms with Gasteiger partial charge >= 0.3 is 0 Å². The zero-order valence-electron chi connectivity index (χ0n) is 14.8. The molecule has 4 aromatic rings. The molecule has 0 aliphatic heterocycles. The maximum Gasteiger partial charge on any atom is 0.141 e. The quantitative estimate of drug-likeness (QED) is 0.482. The Morgan fingerprint density at radius 2 is 1.73 bits per heavy atom. The van der Waals surface area contributed by atoms with Crippen molar-refractivity contribution in [2.45, 2.75) is 20.4 Å². The average molecular weight is 362 g/mol. The number of halogens is 1. The lowest BCUT2D eigenvalue weighted by molar-refractivity contribution is 0.834. The van der Waals surface area contributed by atoms with Crippen LogP contribution in [0.1, 0.15) is 16.7 Å². The molecular formula is C22H20ClN3. The molecule has 0 aliphatic rings. The van der Waals surface area contributed by atoms with Crippen molar-refractivity contribution in [2.75, 3.05) is 5.73 Å². The number of nitrogen functional groups attached to an aromatic ring is 1. The Morgan fingerprint density at radius 3 is 2.50 bits per heavy atom. The largest absolute Gasteiger partial charge is 0.399 e. The van der Waals surface area contributed by atoms with Gasteiger partial charge in [-0.15, -0.1) is 0 Å². The fourth-order valence-electron chi connectivity index (χ4n) is 3.24. The van der Waals surface area contributed by atoms with E-state index in [1.165, 1.54) is 11.1 Å². The van der Waals surface area contributed by atoms with Gasteiger partial charge in [-0.2, -0.15) is 0 Å². The molecule has 2 N–H and O–H groups in total. The smallest absolute Gasteiger partial charge is 0.141 e. The van der Waals surface area contributed by atoms with Gasteiger partial charge in [0, 0.05) is 16.3 Å². The maximum absolute atomic E-state index is 6.42. The summed E-state index contributed by atoms with van der Waals surface area (Å²) in [6, 6.07) is 20.1. The van der Waals surface area contributed by atoms with Gasteiger partial charge in [-0.3, -0.25) is 0 Å². The number of nitrogens with two attached hydrogens (primary N) is 1. The third-order valence-corrected chi connectivity index (χ3v) is 5.16. The van der Waals surface area contributed by atoms with E-state index in [1.807, 2.05) is 42.5 Å². The zero-order chi connectivity index (χ0) is 18.3. The second-order valence-electron chi connectivity index (χ2n) is 6.66. The first-order chi connectivity index (χ1) is 12.5. The number of imidazole rings is 1. The molecule has 0 bridgehead atoms. The van der Waals surface area contributed by atoms with Crippen LogP contribution in [0.2, 0.25) is 5.02 Å². The van der Waals surface area contributed by atoms with Crippen molar-refractivity contribution in [1.29, 1.82) is 0 Å². The van der Waals surface area contributed by atoms with Crippen LogP contribution in [0, 0.1) is 13.8 Å². The van der Waals surface area contributed by atoms with E-state index in [1.54, 1.807) is 0 Å². The molecule has 0 atom stereocenters. The van der Waals surface area contributed by atoms with E-state index >= 15 is 0 Å². The molecule has 0 saturated heterocycles. The fourth-order valence-corrected chi connectivity index (χ4v) is 3.43. The molecule has 0 amide bonds. The van der Waals surface area contributed by atoms with Gasteiger partial charge < -0.3 is 10.3 Å². The SMILES string of the molecule is Cc1cc2nc(-c3cccc(N)c3)n(Cc3ccccc3Cl)c2cc1C. The maximum atomic E-state index is 6.42. The van der Waals surface area contributed by atoms with Crippen molar-refractivity contribution in [1.82, 2.24) is 9.55 Å². The molecule has 26 heavy (non-hydrogen) atoms. The number of anilines is 1. The number of rotatable bonds is 3. The van der Waals surface area contributed by atoms with Crippen LogP contribution in [0.4, 0.5) is 5.69 Å². The number of aromatic nitrogens is 2. The lowest BCUT2D eigenvalue weighted by Crippen LogP contribution is -2.03. The van der Waals surface area contributed by atoms with Crippen LogP contribution >= 0.6 is 11.6 Å². The van der Waals surface area contributed by atoms with Gasteiger partial charge in [0.2, 0.25) is 0 Å². The van der Waals surface area contributed by atoms with Gasteiger partial charge in [0.25, 0.3) is 0 Å². The molecule has 4 rings (SSSR count). The number of hydrogen-bond acceptors (Lipinski definition) is 2. The van der Waals surface area contributed by atoms with E-state index in [0.717, 1.165) is 38.7 Å². The van der Waals surface area contributed by atoms with E-state index in [2.05, 4.69) is 36.6 Å². The van der Waals surface area contributed by atoms with Gasteiger partial charge in [0.15, 0.2) is 0 Å². The van der Waals surface area contributed by atoms with E-state index in [4.69, 9.17) is 22.3 Å². The van der Waals surface area contributed by atoms with Crippen molar-refractivity contribution >= 4 is 28.3 Å². The van der Waals surface area contributed by atoms with E-state index in [0.29, 0.717) is 6.54 Å². The molecule has 0 saturated carbocycles. The number of hydrogen-bond donors (Lipinski definition) is 1. The minimum absolute atomic E-state index is 0.656. The second-order valence-corrected chi connectivity index (χ2v) is 7.07. The summed E-state index contributed by atoms with van der Waals surface area (Å²) in [5.41, 5.74) is 13.4. The molecule has 3 aromatic carbocycles.